The van der Waals surface area contributed by atoms with Gasteiger partial charge in [-0.2, -0.15) is 0 Å². The summed E-state index contributed by atoms with van der Waals surface area (Å²) in [7, 11) is 1.72. The fraction of sp³-hybridized carbons (Fsp3) is 0.500. The molecule has 1 fully saturated rings. The minimum absolute atomic E-state index is 0.00639. The highest BCUT2D eigenvalue weighted by atomic mass is 19.1. The Morgan fingerprint density at radius 1 is 1.53 bits per heavy atom. The van der Waals surface area contributed by atoms with Crippen molar-refractivity contribution < 1.29 is 9.18 Å². The maximum absolute atomic E-state index is 13.7. The minimum Gasteiger partial charge on any atom is -0.381 e. The Morgan fingerprint density at radius 2 is 2.18 bits per heavy atom. The van der Waals surface area contributed by atoms with Crippen LogP contribution in [-0.2, 0) is 0 Å². The largest absolute Gasteiger partial charge is 0.381 e. The summed E-state index contributed by atoms with van der Waals surface area (Å²) in [5.74, 6) is -1.26. The fourth-order valence-electron chi connectivity index (χ4n) is 2.27. The molecule has 1 saturated carbocycles. The van der Waals surface area contributed by atoms with E-state index in [2.05, 4.69) is 4.98 Å². The highest BCUT2D eigenvalue weighted by molar-refractivity contribution is 5.95. The van der Waals surface area contributed by atoms with Gasteiger partial charge in [-0.1, -0.05) is 12.8 Å². The number of nitrogen functional groups attached to an aromatic ring is 1. The van der Waals surface area contributed by atoms with E-state index >= 15 is 0 Å². The topological polar surface area (TPSA) is 59.2 Å². The lowest BCUT2D eigenvalue weighted by Gasteiger charge is -2.24. The van der Waals surface area contributed by atoms with Crippen LogP contribution in [-0.4, -0.2) is 28.9 Å². The Morgan fingerprint density at radius 3 is 2.82 bits per heavy atom. The van der Waals surface area contributed by atoms with Gasteiger partial charge in [-0.15, -0.1) is 0 Å². The number of carbonyl (C=O) groups excluding carboxylic acids is 1. The minimum atomic E-state index is -0.720. The summed E-state index contributed by atoms with van der Waals surface area (Å²) in [5, 5.41) is 0. The van der Waals surface area contributed by atoms with Crippen molar-refractivity contribution in [2.24, 2.45) is 0 Å². The number of pyridine rings is 1. The first-order chi connectivity index (χ1) is 8.11. The molecule has 2 N–H and O–H groups in total. The summed E-state index contributed by atoms with van der Waals surface area (Å²) in [5.41, 5.74) is 5.36. The van der Waals surface area contributed by atoms with Gasteiger partial charge < -0.3 is 10.6 Å². The van der Waals surface area contributed by atoms with Crippen LogP contribution in [0.4, 0.5) is 10.2 Å². The highest BCUT2D eigenvalue weighted by Gasteiger charge is 2.26. The summed E-state index contributed by atoms with van der Waals surface area (Å²) in [6, 6.07) is 1.59. The molecule has 2 rings (SSSR count). The summed E-state index contributed by atoms with van der Waals surface area (Å²) < 4.78 is 13.7. The molecule has 5 heteroatoms. The summed E-state index contributed by atoms with van der Waals surface area (Å²) in [6.07, 6.45) is 5.59. The second kappa shape index (κ2) is 4.69. The maximum atomic E-state index is 13.7. The fourth-order valence-corrected chi connectivity index (χ4v) is 2.27. The van der Waals surface area contributed by atoms with Gasteiger partial charge in [0.15, 0.2) is 11.6 Å². The monoisotopic (exact) mass is 237 g/mol. The zero-order chi connectivity index (χ0) is 12.4. The summed E-state index contributed by atoms with van der Waals surface area (Å²) in [6.45, 7) is 0. The third-order valence-electron chi connectivity index (χ3n) is 3.34. The van der Waals surface area contributed by atoms with E-state index in [1.165, 1.54) is 12.3 Å². The smallest absolute Gasteiger partial charge is 0.257 e. The first kappa shape index (κ1) is 11.8. The molecule has 1 heterocycles. The maximum Gasteiger partial charge on any atom is 0.257 e. The number of nitrogens with zero attached hydrogens (tertiary/aromatic N) is 2. The molecular formula is C12H16FN3O. The van der Waals surface area contributed by atoms with Gasteiger partial charge in [0.1, 0.15) is 0 Å². The molecule has 17 heavy (non-hydrogen) atoms. The number of carbonyl (C=O) groups is 1. The van der Waals surface area contributed by atoms with Crippen molar-refractivity contribution in [3.05, 3.63) is 23.6 Å². The predicted molar refractivity (Wildman–Crippen MR) is 63.0 cm³/mol. The Labute approximate surface area is 99.6 Å². The zero-order valence-corrected chi connectivity index (χ0v) is 9.82. The molecule has 1 amide bonds. The Bertz CT molecular complexity index is 430. The molecule has 0 aliphatic heterocycles. The number of hydrogen-bond donors (Lipinski definition) is 1. The number of anilines is 1. The third-order valence-corrected chi connectivity index (χ3v) is 3.34. The summed E-state index contributed by atoms with van der Waals surface area (Å²) >= 11 is 0. The van der Waals surface area contributed by atoms with Crippen LogP contribution in [0.5, 0.6) is 0 Å². The first-order valence-corrected chi connectivity index (χ1v) is 5.78. The van der Waals surface area contributed by atoms with Crippen LogP contribution in [0, 0.1) is 5.82 Å². The number of halogens is 1. The number of amides is 1. The van der Waals surface area contributed by atoms with Crippen LogP contribution in [0.15, 0.2) is 12.3 Å². The molecule has 0 aromatic carbocycles. The van der Waals surface area contributed by atoms with Crippen molar-refractivity contribution >= 4 is 11.7 Å². The van der Waals surface area contributed by atoms with Gasteiger partial charge >= 0.3 is 0 Å². The first-order valence-electron chi connectivity index (χ1n) is 5.78. The van der Waals surface area contributed by atoms with Crippen LogP contribution in [0.1, 0.15) is 36.0 Å². The van der Waals surface area contributed by atoms with E-state index in [9.17, 15) is 9.18 Å². The normalized spacial score (nSPS) is 16.1. The second-order valence-corrected chi connectivity index (χ2v) is 4.41. The lowest BCUT2D eigenvalue weighted by atomic mass is 10.1. The van der Waals surface area contributed by atoms with Gasteiger partial charge in [-0.25, -0.2) is 9.37 Å². The molecule has 0 spiro atoms. The third kappa shape index (κ3) is 2.23. The predicted octanol–water partition coefficient (Wildman–Crippen LogP) is 1.82. The Kier molecular flexibility index (Phi) is 3.26. The van der Waals surface area contributed by atoms with Gasteiger partial charge in [0.2, 0.25) is 0 Å². The van der Waals surface area contributed by atoms with Crippen molar-refractivity contribution in [2.75, 3.05) is 12.8 Å². The molecule has 1 aromatic rings. The molecule has 0 unspecified atom stereocenters. The van der Waals surface area contributed by atoms with Crippen LogP contribution >= 0.6 is 0 Å². The van der Waals surface area contributed by atoms with E-state index in [0.29, 0.717) is 0 Å². The molecule has 0 bridgehead atoms. The van der Waals surface area contributed by atoms with E-state index < -0.39 is 5.82 Å². The standard InChI is InChI=1S/C12H16FN3O/c1-16(8-4-2-3-5-8)12(17)9-6-7-15-11(14)10(9)13/h6-8H,2-5H2,1H3,(H2,14,15). The average molecular weight is 237 g/mol. The molecule has 1 aliphatic rings. The molecule has 1 aliphatic carbocycles. The van der Waals surface area contributed by atoms with Crippen molar-refractivity contribution in [1.29, 1.82) is 0 Å². The quantitative estimate of drug-likeness (QED) is 0.853. The number of rotatable bonds is 2. The molecular weight excluding hydrogens is 221 g/mol. The Balaban J connectivity index is 2.21. The van der Waals surface area contributed by atoms with Crippen LogP contribution in [0.2, 0.25) is 0 Å². The van der Waals surface area contributed by atoms with E-state index in [4.69, 9.17) is 5.73 Å². The van der Waals surface area contributed by atoms with Gasteiger partial charge in [0.05, 0.1) is 5.56 Å². The molecule has 1 aromatic heterocycles. The number of aromatic nitrogens is 1. The van der Waals surface area contributed by atoms with E-state index in [0.717, 1.165) is 25.7 Å². The number of nitrogens with two attached hydrogens (primary N) is 1. The molecule has 4 nitrogen and oxygen atoms in total. The molecule has 92 valence electrons. The zero-order valence-electron chi connectivity index (χ0n) is 9.82. The second-order valence-electron chi connectivity index (χ2n) is 4.41. The highest BCUT2D eigenvalue weighted by Crippen LogP contribution is 2.24. The molecule has 0 radical (unpaired) electrons. The average Bonchev–Trinajstić information content (AvgIpc) is 2.84. The lowest BCUT2D eigenvalue weighted by Crippen LogP contribution is -2.35. The van der Waals surface area contributed by atoms with Gasteiger partial charge in [0.25, 0.3) is 5.91 Å². The van der Waals surface area contributed by atoms with Crippen LogP contribution in [0.3, 0.4) is 0 Å². The van der Waals surface area contributed by atoms with E-state index in [1.807, 2.05) is 0 Å². The lowest BCUT2D eigenvalue weighted by molar-refractivity contribution is 0.0730. The van der Waals surface area contributed by atoms with Crippen LogP contribution < -0.4 is 5.73 Å². The van der Waals surface area contributed by atoms with Gasteiger partial charge in [0, 0.05) is 19.3 Å². The van der Waals surface area contributed by atoms with Crippen LogP contribution in [0.25, 0.3) is 0 Å². The van der Waals surface area contributed by atoms with E-state index in [-0.39, 0.29) is 23.3 Å². The summed E-state index contributed by atoms with van der Waals surface area (Å²) in [4.78, 5) is 17.3. The van der Waals surface area contributed by atoms with Crippen molar-refractivity contribution in [1.82, 2.24) is 9.88 Å². The van der Waals surface area contributed by atoms with Crippen molar-refractivity contribution in [3.63, 3.8) is 0 Å². The molecule has 0 saturated heterocycles. The van der Waals surface area contributed by atoms with Gasteiger partial charge in [-0.05, 0) is 18.9 Å². The molecule has 0 atom stereocenters. The SMILES string of the molecule is CN(C(=O)c1ccnc(N)c1F)C1CCCC1. The Hall–Kier alpha value is -1.65. The van der Waals surface area contributed by atoms with Crippen molar-refractivity contribution in [3.8, 4) is 0 Å². The van der Waals surface area contributed by atoms with Crippen molar-refractivity contribution in [2.45, 2.75) is 31.7 Å². The van der Waals surface area contributed by atoms with Gasteiger partial charge in [-0.3, -0.25) is 4.79 Å². The number of hydrogen-bond acceptors (Lipinski definition) is 3. The van der Waals surface area contributed by atoms with E-state index in [1.54, 1.807) is 11.9 Å².